The molecule has 23 heavy (non-hydrogen) atoms. The first-order chi connectivity index (χ1) is 11.0. The van der Waals surface area contributed by atoms with Gasteiger partial charge in [-0.05, 0) is 35.6 Å². The number of aromatic nitrogens is 2. The van der Waals surface area contributed by atoms with E-state index in [0.29, 0.717) is 5.28 Å². The maximum atomic E-state index is 6.12. The van der Waals surface area contributed by atoms with E-state index in [9.17, 15) is 0 Å². The Morgan fingerprint density at radius 2 is 1.74 bits per heavy atom. The van der Waals surface area contributed by atoms with Crippen molar-refractivity contribution in [3.8, 4) is 11.1 Å². The molecule has 1 aromatic carbocycles. The molecule has 0 N–H and O–H groups in total. The van der Waals surface area contributed by atoms with Gasteiger partial charge in [-0.1, -0.05) is 38.1 Å². The van der Waals surface area contributed by atoms with Gasteiger partial charge in [-0.2, -0.15) is 4.98 Å². The number of hydrogen-bond donors (Lipinski definition) is 0. The number of anilines is 1. The average Bonchev–Trinajstić information content (AvgIpc) is 2.92. The van der Waals surface area contributed by atoms with Gasteiger partial charge in [0.2, 0.25) is 5.28 Å². The molecule has 0 aliphatic heterocycles. The van der Waals surface area contributed by atoms with Crippen molar-refractivity contribution in [3.63, 3.8) is 0 Å². The van der Waals surface area contributed by atoms with Gasteiger partial charge in [0.15, 0.2) is 0 Å². The van der Waals surface area contributed by atoms with Gasteiger partial charge in [0, 0.05) is 24.5 Å². The third-order valence-corrected chi connectivity index (χ3v) is 5.37. The number of rotatable bonds is 4. The lowest BCUT2D eigenvalue weighted by molar-refractivity contribution is 1.06. The van der Waals surface area contributed by atoms with Gasteiger partial charge in [-0.25, -0.2) is 4.98 Å². The molecule has 0 bridgehead atoms. The molecule has 120 valence electrons. The number of hydrogen-bond acceptors (Lipinski definition) is 4. The number of thiophene rings is 1. The highest BCUT2D eigenvalue weighted by atomic mass is 35.5. The maximum Gasteiger partial charge on any atom is 0.225 e. The van der Waals surface area contributed by atoms with Crippen molar-refractivity contribution in [1.82, 2.24) is 9.97 Å². The fraction of sp³-hybridized carbons (Fsp3) is 0.333. The smallest absolute Gasteiger partial charge is 0.225 e. The SMILES string of the molecule is CCc1ccc(-c2c(CC)sc3nc(Cl)nc(N(C)C)c23)cc1. The molecule has 0 radical (unpaired) electrons. The number of aryl methyl sites for hydroxylation is 2. The van der Waals surface area contributed by atoms with Crippen LogP contribution in [0.2, 0.25) is 5.28 Å². The Morgan fingerprint density at radius 3 is 2.30 bits per heavy atom. The Morgan fingerprint density at radius 1 is 1.04 bits per heavy atom. The molecule has 0 aliphatic carbocycles. The molecule has 0 saturated carbocycles. The van der Waals surface area contributed by atoms with E-state index in [2.05, 4.69) is 48.1 Å². The van der Waals surface area contributed by atoms with Crippen molar-refractivity contribution in [2.45, 2.75) is 26.7 Å². The Bertz CT molecular complexity index is 838. The minimum atomic E-state index is 0.304. The Kier molecular flexibility index (Phi) is 4.55. The highest BCUT2D eigenvalue weighted by Gasteiger charge is 2.20. The molecule has 3 rings (SSSR count). The van der Waals surface area contributed by atoms with E-state index < -0.39 is 0 Å². The third-order valence-electron chi connectivity index (χ3n) is 3.97. The molecule has 3 aromatic rings. The molecule has 3 nitrogen and oxygen atoms in total. The van der Waals surface area contributed by atoms with Crippen molar-refractivity contribution >= 4 is 39.0 Å². The highest BCUT2D eigenvalue weighted by Crippen LogP contribution is 2.42. The molecule has 0 aliphatic rings. The third kappa shape index (κ3) is 2.93. The lowest BCUT2D eigenvalue weighted by Crippen LogP contribution is -2.11. The number of halogens is 1. The minimum Gasteiger partial charge on any atom is -0.362 e. The fourth-order valence-corrected chi connectivity index (χ4v) is 4.13. The first kappa shape index (κ1) is 16.2. The summed E-state index contributed by atoms with van der Waals surface area (Å²) in [6, 6.07) is 8.80. The molecule has 0 spiro atoms. The molecular formula is C18H20ClN3S. The summed E-state index contributed by atoms with van der Waals surface area (Å²) in [5.41, 5.74) is 3.81. The minimum absolute atomic E-state index is 0.304. The van der Waals surface area contributed by atoms with Gasteiger partial charge in [0.05, 0.1) is 5.39 Å². The molecule has 0 saturated heterocycles. The van der Waals surface area contributed by atoms with Crippen molar-refractivity contribution in [2.75, 3.05) is 19.0 Å². The van der Waals surface area contributed by atoms with Gasteiger partial charge >= 0.3 is 0 Å². The molecule has 0 fully saturated rings. The van der Waals surface area contributed by atoms with Gasteiger partial charge in [0.1, 0.15) is 10.6 Å². The van der Waals surface area contributed by atoms with E-state index in [0.717, 1.165) is 28.9 Å². The van der Waals surface area contributed by atoms with Crippen LogP contribution in [0.3, 0.4) is 0 Å². The standard InChI is InChI=1S/C18H20ClN3S/c1-5-11-7-9-12(10-8-11)14-13(6-2)23-17-15(14)16(22(3)4)20-18(19)21-17/h7-10H,5-6H2,1-4H3. The summed E-state index contributed by atoms with van der Waals surface area (Å²) in [4.78, 5) is 13.2. The zero-order valence-electron chi connectivity index (χ0n) is 13.9. The second-order valence-electron chi connectivity index (χ2n) is 5.70. The molecule has 0 amide bonds. The second kappa shape index (κ2) is 6.46. The second-order valence-corrected chi connectivity index (χ2v) is 7.12. The van der Waals surface area contributed by atoms with Crippen LogP contribution in [0.4, 0.5) is 5.82 Å². The molecule has 5 heteroatoms. The Hall–Kier alpha value is -1.65. The van der Waals surface area contributed by atoms with Crippen molar-refractivity contribution < 1.29 is 0 Å². The van der Waals surface area contributed by atoms with Crippen molar-refractivity contribution in [1.29, 1.82) is 0 Å². The summed E-state index contributed by atoms with van der Waals surface area (Å²) in [7, 11) is 3.98. The number of benzene rings is 1. The maximum absolute atomic E-state index is 6.12. The average molecular weight is 346 g/mol. The molecule has 2 aromatic heterocycles. The van der Waals surface area contributed by atoms with E-state index in [1.54, 1.807) is 11.3 Å². The van der Waals surface area contributed by atoms with E-state index in [-0.39, 0.29) is 0 Å². The van der Waals surface area contributed by atoms with Gasteiger partial charge in [0.25, 0.3) is 0 Å². The topological polar surface area (TPSA) is 29.0 Å². The Labute approximate surface area is 146 Å². The van der Waals surface area contributed by atoms with Crippen LogP contribution in [0.25, 0.3) is 21.3 Å². The summed E-state index contributed by atoms with van der Waals surface area (Å²) in [6.07, 6.45) is 2.02. The fourth-order valence-electron chi connectivity index (χ4n) is 2.79. The highest BCUT2D eigenvalue weighted by molar-refractivity contribution is 7.19. The largest absolute Gasteiger partial charge is 0.362 e. The van der Waals surface area contributed by atoms with Crippen molar-refractivity contribution in [2.24, 2.45) is 0 Å². The predicted octanol–water partition coefficient (Wildman–Crippen LogP) is 5.20. The van der Waals surface area contributed by atoms with Crippen molar-refractivity contribution in [3.05, 3.63) is 40.0 Å². The van der Waals surface area contributed by atoms with Gasteiger partial charge in [-0.3, -0.25) is 0 Å². The summed E-state index contributed by atoms with van der Waals surface area (Å²) in [6.45, 7) is 4.35. The quantitative estimate of drug-likeness (QED) is 0.608. The summed E-state index contributed by atoms with van der Waals surface area (Å²) in [5, 5.41) is 1.41. The van der Waals surface area contributed by atoms with E-state index in [1.807, 2.05) is 19.0 Å². The molecule has 2 heterocycles. The van der Waals surface area contributed by atoms with Crippen LogP contribution in [0.1, 0.15) is 24.3 Å². The zero-order valence-corrected chi connectivity index (χ0v) is 15.4. The van der Waals surface area contributed by atoms with Crippen LogP contribution in [-0.4, -0.2) is 24.1 Å². The normalized spacial score (nSPS) is 11.2. The predicted molar refractivity (Wildman–Crippen MR) is 101 cm³/mol. The van der Waals surface area contributed by atoms with Crippen LogP contribution in [-0.2, 0) is 12.8 Å². The molecule has 0 unspecified atom stereocenters. The van der Waals surface area contributed by atoms with Crippen LogP contribution in [0, 0.1) is 0 Å². The first-order valence-electron chi connectivity index (χ1n) is 7.80. The van der Waals surface area contributed by atoms with E-state index >= 15 is 0 Å². The molecular weight excluding hydrogens is 326 g/mol. The number of nitrogens with zero attached hydrogens (tertiary/aromatic N) is 3. The lowest BCUT2D eigenvalue weighted by Gasteiger charge is -2.14. The van der Waals surface area contributed by atoms with Crippen LogP contribution in [0.15, 0.2) is 24.3 Å². The van der Waals surface area contributed by atoms with E-state index in [4.69, 9.17) is 11.6 Å². The monoisotopic (exact) mass is 345 g/mol. The van der Waals surface area contributed by atoms with E-state index in [1.165, 1.54) is 21.6 Å². The summed E-state index contributed by atoms with van der Waals surface area (Å²) < 4.78 is 0. The van der Waals surface area contributed by atoms with Gasteiger partial charge < -0.3 is 4.90 Å². The van der Waals surface area contributed by atoms with Crippen LogP contribution >= 0.6 is 22.9 Å². The first-order valence-corrected chi connectivity index (χ1v) is 9.00. The lowest BCUT2D eigenvalue weighted by atomic mass is 10.00. The molecule has 0 atom stereocenters. The number of fused-ring (bicyclic) bond motifs is 1. The van der Waals surface area contributed by atoms with Crippen LogP contribution < -0.4 is 4.90 Å². The van der Waals surface area contributed by atoms with Gasteiger partial charge in [-0.15, -0.1) is 11.3 Å². The summed E-state index contributed by atoms with van der Waals surface area (Å²) in [5.74, 6) is 0.880. The zero-order chi connectivity index (χ0) is 16.6. The Balaban J connectivity index is 2.32. The van der Waals surface area contributed by atoms with Crippen LogP contribution in [0.5, 0.6) is 0 Å². The summed E-state index contributed by atoms with van der Waals surface area (Å²) >= 11 is 7.83.